The molecule has 1 N–H and O–H groups in total. The van der Waals surface area contributed by atoms with Crippen LogP contribution in [0.5, 0.6) is 17.2 Å². The third-order valence-corrected chi connectivity index (χ3v) is 4.68. The number of carbonyl (C=O) groups is 1. The maximum Gasteiger partial charge on any atom is 0.255 e. The topological polar surface area (TPSA) is 50.8 Å². The first-order valence-corrected chi connectivity index (χ1v) is 9.49. The van der Waals surface area contributed by atoms with Crippen molar-refractivity contribution in [2.75, 3.05) is 27.7 Å². The van der Waals surface area contributed by atoms with Crippen molar-refractivity contribution in [2.24, 2.45) is 0 Å². The Hall–Kier alpha value is -3.31. The third-order valence-electron chi connectivity index (χ3n) is 4.68. The number of rotatable bonds is 8. The molecule has 5 nitrogen and oxygen atoms in total. The molecule has 0 fully saturated rings. The van der Waals surface area contributed by atoms with E-state index in [1.807, 2.05) is 80.8 Å². The molecule has 0 aliphatic carbocycles. The second-order valence-electron chi connectivity index (χ2n) is 6.87. The third kappa shape index (κ3) is 5.36. The second-order valence-corrected chi connectivity index (χ2v) is 6.87. The Balaban J connectivity index is 1.72. The molecule has 150 valence electrons. The molecule has 3 rings (SSSR count). The molecule has 0 bridgehead atoms. The summed E-state index contributed by atoms with van der Waals surface area (Å²) in [6.45, 7) is 0.470. The number of nitrogens with one attached hydrogen (secondary N) is 1. The highest BCUT2D eigenvalue weighted by Crippen LogP contribution is 2.25. The summed E-state index contributed by atoms with van der Waals surface area (Å²) in [5.74, 6) is 1.86. The van der Waals surface area contributed by atoms with Gasteiger partial charge in [0, 0.05) is 6.54 Å². The average molecular weight is 390 g/mol. The van der Waals surface area contributed by atoms with Crippen molar-refractivity contribution in [2.45, 2.75) is 6.04 Å². The summed E-state index contributed by atoms with van der Waals surface area (Å²) in [6, 6.07) is 24.6. The number of amides is 1. The molecular formula is C24H26N2O3. The number of benzene rings is 3. The predicted octanol–water partition coefficient (Wildman–Crippen LogP) is 4.52. The zero-order valence-electron chi connectivity index (χ0n) is 17.0. The van der Waals surface area contributed by atoms with Crippen LogP contribution in [0.25, 0.3) is 0 Å². The fraction of sp³-hybridized carbons (Fsp3) is 0.208. The SMILES string of the molecule is COc1ccc(C(CNC(=O)c2ccccc2Oc2ccccc2)N(C)C)cc1. The number of likely N-dealkylation sites (N-methyl/N-ethyl adjacent to an activating group) is 1. The van der Waals surface area contributed by atoms with Crippen molar-refractivity contribution in [3.8, 4) is 17.2 Å². The molecule has 1 unspecified atom stereocenters. The van der Waals surface area contributed by atoms with Crippen LogP contribution in [0.15, 0.2) is 78.9 Å². The lowest BCUT2D eigenvalue weighted by atomic mass is 10.1. The Morgan fingerprint density at radius 3 is 2.21 bits per heavy atom. The maximum atomic E-state index is 12.9. The van der Waals surface area contributed by atoms with Crippen molar-refractivity contribution in [1.82, 2.24) is 10.2 Å². The van der Waals surface area contributed by atoms with Gasteiger partial charge in [0.05, 0.1) is 18.7 Å². The highest BCUT2D eigenvalue weighted by molar-refractivity contribution is 5.97. The lowest BCUT2D eigenvalue weighted by Crippen LogP contribution is -2.34. The van der Waals surface area contributed by atoms with E-state index in [1.165, 1.54) is 0 Å². The quantitative estimate of drug-likeness (QED) is 0.614. The van der Waals surface area contributed by atoms with E-state index in [-0.39, 0.29) is 11.9 Å². The Bertz CT molecular complexity index is 924. The molecule has 3 aromatic rings. The molecule has 0 aliphatic rings. The van der Waals surface area contributed by atoms with E-state index in [0.29, 0.717) is 23.6 Å². The first-order chi connectivity index (χ1) is 14.1. The summed E-state index contributed by atoms with van der Waals surface area (Å²) in [7, 11) is 5.63. The first kappa shape index (κ1) is 20.4. The Kier molecular flexibility index (Phi) is 6.87. The zero-order valence-corrected chi connectivity index (χ0v) is 17.0. The Morgan fingerprint density at radius 2 is 1.55 bits per heavy atom. The summed E-state index contributed by atoms with van der Waals surface area (Å²) in [6.07, 6.45) is 0. The van der Waals surface area contributed by atoms with Crippen LogP contribution >= 0.6 is 0 Å². The van der Waals surface area contributed by atoms with Crippen LogP contribution in [0.1, 0.15) is 22.0 Å². The van der Waals surface area contributed by atoms with E-state index in [1.54, 1.807) is 19.2 Å². The molecule has 0 saturated heterocycles. The van der Waals surface area contributed by atoms with Crippen LogP contribution in [0.2, 0.25) is 0 Å². The summed E-state index contributed by atoms with van der Waals surface area (Å²) in [5, 5.41) is 3.04. The first-order valence-electron chi connectivity index (χ1n) is 9.49. The van der Waals surface area contributed by atoms with Gasteiger partial charge in [-0.25, -0.2) is 0 Å². The van der Waals surface area contributed by atoms with Gasteiger partial charge in [-0.2, -0.15) is 0 Å². The van der Waals surface area contributed by atoms with Crippen LogP contribution in [0.3, 0.4) is 0 Å². The van der Waals surface area contributed by atoms with Gasteiger partial charge in [0.15, 0.2) is 0 Å². The molecule has 3 aromatic carbocycles. The van der Waals surface area contributed by atoms with Gasteiger partial charge in [-0.05, 0) is 56.1 Å². The maximum absolute atomic E-state index is 12.9. The normalized spacial score (nSPS) is 11.7. The minimum Gasteiger partial charge on any atom is -0.497 e. The number of methoxy groups -OCH3 is 1. The van der Waals surface area contributed by atoms with Gasteiger partial charge in [-0.3, -0.25) is 4.79 Å². The van der Waals surface area contributed by atoms with Crippen molar-refractivity contribution >= 4 is 5.91 Å². The van der Waals surface area contributed by atoms with E-state index in [4.69, 9.17) is 9.47 Å². The largest absolute Gasteiger partial charge is 0.497 e. The summed E-state index contributed by atoms with van der Waals surface area (Å²) in [4.78, 5) is 15.0. The standard InChI is InChI=1S/C24H26N2O3/c1-26(2)22(18-13-15-19(28-3)16-14-18)17-25-24(27)21-11-7-8-12-23(21)29-20-9-5-4-6-10-20/h4-16,22H,17H2,1-3H3,(H,25,27). The van der Waals surface area contributed by atoms with Crippen molar-refractivity contribution in [3.05, 3.63) is 90.0 Å². The number of nitrogens with zero attached hydrogens (tertiary/aromatic N) is 1. The van der Waals surface area contributed by atoms with Crippen molar-refractivity contribution in [1.29, 1.82) is 0 Å². The fourth-order valence-electron chi connectivity index (χ4n) is 3.07. The molecule has 0 heterocycles. The molecule has 1 amide bonds. The average Bonchev–Trinajstić information content (AvgIpc) is 2.75. The van der Waals surface area contributed by atoms with E-state index in [9.17, 15) is 4.79 Å². The van der Waals surface area contributed by atoms with Gasteiger partial charge in [-0.15, -0.1) is 0 Å². The molecule has 0 aromatic heterocycles. The zero-order chi connectivity index (χ0) is 20.6. The van der Waals surface area contributed by atoms with E-state index in [2.05, 4.69) is 10.2 Å². The molecule has 5 heteroatoms. The van der Waals surface area contributed by atoms with Crippen LogP contribution < -0.4 is 14.8 Å². The minimum atomic E-state index is -0.170. The number of ether oxygens (including phenoxy) is 2. The molecule has 0 saturated carbocycles. The Labute approximate surface area is 171 Å². The van der Waals surface area contributed by atoms with Gasteiger partial charge in [0.1, 0.15) is 17.2 Å². The van der Waals surface area contributed by atoms with Crippen LogP contribution in [0.4, 0.5) is 0 Å². The van der Waals surface area contributed by atoms with Crippen molar-refractivity contribution in [3.63, 3.8) is 0 Å². The summed E-state index contributed by atoms with van der Waals surface area (Å²) < 4.78 is 11.1. The molecule has 1 atom stereocenters. The lowest BCUT2D eigenvalue weighted by Gasteiger charge is -2.25. The second kappa shape index (κ2) is 9.75. The van der Waals surface area contributed by atoms with Crippen molar-refractivity contribution < 1.29 is 14.3 Å². The minimum absolute atomic E-state index is 0.0343. The van der Waals surface area contributed by atoms with Crippen LogP contribution in [-0.4, -0.2) is 38.6 Å². The number of para-hydroxylation sites is 2. The smallest absolute Gasteiger partial charge is 0.255 e. The molecular weight excluding hydrogens is 364 g/mol. The van der Waals surface area contributed by atoms with Gasteiger partial charge in [-0.1, -0.05) is 42.5 Å². The van der Waals surface area contributed by atoms with Crippen LogP contribution in [0, 0.1) is 0 Å². The monoisotopic (exact) mass is 390 g/mol. The molecule has 0 spiro atoms. The van der Waals surface area contributed by atoms with Gasteiger partial charge < -0.3 is 19.7 Å². The van der Waals surface area contributed by atoms with Gasteiger partial charge in [0.25, 0.3) is 5.91 Å². The number of hydrogen-bond donors (Lipinski definition) is 1. The number of hydrogen-bond acceptors (Lipinski definition) is 4. The lowest BCUT2D eigenvalue weighted by molar-refractivity contribution is 0.0939. The van der Waals surface area contributed by atoms with E-state index in [0.717, 1.165) is 11.3 Å². The highest BCUT2D eigenvalue weighted by Gasteiger charge is 2.18. The fourth-order valence-corrected chi connectivity index (χ4v) is 3.07. The number of carbonyl (C=O) groups excluding carboxylic acids is 1. The predicted molar refractivity (Wildman–Crippen MR) is 115 cm³/mol. The molecule has 0 aliphatic heterocycles. The van der Waals surface area contributed by atoms with E-state index >= 15 is 0 Å². The summed E-state index contributed by atoms with van der Waals surface area (Å²) in [5.41, 5.74) is 1.61. The molecule has 0 radical (unpaired) electrons. The molecule has 29 heavy (non-hydrogen) atoms. The van der Waals surface area contributed by atoms with E-state index < -0.39 is 0 Å². The van der Waals surface area contributed by atoms with Gasteiger partial charge >= 0.3 is 0 Å². The summed E-state index contributed by atoms with van der Waals surface area (Å²) >= 11 is 0. The van der Waals surface area contributed by atoms with Crippen LogP contribution in [-0.2, 0) is 0 Å². The Morgan fingerprint density at radius 1 is 0.897 bits per heavy atom. The van der Waals surface area contributed by atoms with Gasteiger partial charge in [0.2, 0.25) is 0 Å². The highest BCUT2D eigenvalue weighted by atomic mass is 16.5.